The molecule has 0 radical (unpaired) electrons. The molecule has 2 atom stereocenters. The highest BCUT2D eigenvalue weighted by Crippen LogP contribution is 2.30. The number of fused-ring (bicyclic) bond motifs is 1. The van der Waals surface area contributed by atoms with Gasteiger partial charge in [0.25, 0.3) is 0 Å². The second kappa shape index (κ2) is 17.8. The molecule has 3 N–H and O–H groups in total. The van der Waals surface area contributed by atoms with Crippen LogP contribution in [0.2, 0.25) is 0 Å². The van der Waals surface area contributed by atoms with Crippen LogP contribution >= 0.6 is 0 Å². The van der Waals surface area contributed by atoms with Crippen molar-refractivity contribution in [2.45, 2.75) is 82.8 Å². The fraction of sp³-hybridized carbons (Fsp3) is 0.415. The van der Waals surface area contributed by atoms with Crippen LogP contribution < -0.4 is 16.0 Å². The number of rotatable bonds is 18. The Morgan fingerprint density at radius 2 is 1.67 bits per heavy atom. The topological polar surface area (TPSA) is 101 Å². The summed E-state index contributed by atoms with van der Waals surface area (Å²) in [7, 11) is -1.38. The number of primary amides is 1. The summed E-state index contributed by atoms with van der Waals surface area (Å²) in [4.78, 5) is 23.3. The van der Waals surface area contributed by atoms with Gasteiger partial charge < -0.3 is 25.4 Å². The number of nitrogens with two attached hydrogens (primary N) is 1. The van der Waals surface area contributed by atoms with Gasteiger partial charge in [0.1, 0.15) is 5.82 Å². The third kappa shape index (κ3) is 9.16. The lowest BCUT2D eigenvalue weighted by Gasteiger charge is -2.26. The zero-order chi connectivity index (χ0) is 35.6. The molecule has 1 saturated heterocycles. The molecule has 51 heavy (non-hydrogen) atoms. The highest BCUT2D eigenvalue weighted by molar-refractivity contribution is 7.83. The first-order chi connectivity index (χ1) is 24.9. The Labute approximate surface area is 305 Å². The van der Waals surface area contributed by atoms with Crippen molar-refractivity contribution in [2.24, 2.45) is 5.73 Å². The minimum atomic E-state index is -1.38. The van der Waals surface area contributed by atoms with Crippen LogP contribution in [0, 0.1) is 0 Å². The number of hydrogen-bond acceptors (Lipinski definition) is 6. The van der Waals surface area contributed by atoms with Crippen LogP contribution in [-0.2, 0) is 28.9 Å². The van der Waals surface area contributed by atoms with Gasteiger partial charge >= 0.3 is 0 Å². The van der Waals surface area contributed by atoms with Gasteiger partial charge in [0.15, 0.2) is 11.0 Å². The number of anilines is 1. The summed E-state index contributed by atoms with van der Waals surface area (Å²) in [6.45, 7) is 11.3. The van der Waals surface area contributed by atoms with Crippen molar-refractivity contribution in [3.63, 3.8) is 0 Å². The summed E-state index contributed by atoms with van der Waals surface area (Å²) < 4.78 is 17.5. The van der Waals surface area contributed by atoms with Gasteiger partial charge in [0.05, 0.1) is 15.9 Å². The fourth-order valence-corrected chi connectivity index (χ4v) is 8.40. The van der Waals surface area contributed by atoms with E-state index in [0.29, 0.717) is 6.54 Å². The number of carbonyl (C=O) groups excluding carboxylic acids is 1. The molecule has 1 aliphatic rings. The van der Waals surface area contributed by atoms with E-state index < -0.39 is 11.0 Å². The van der Waals surface area contributed by atoms with Crippen molar-refractivity contribution in [3.8, 4) is 11.4 Å². The average Bonchev–Trinajstić information content (AvgIpc) is 3.78. The second-order valence-electron chi connectivity index (χ2n) is 13.6. The molecule has 2 unspecified atom stereocenters. The number of hydrogen-bond donors (Lipinski definition) is 2. The van der Waals surface area contributed by atoms with Gasteiger partial charge in [-0.15, -0.1) is 0 Å². The molecule has 1 aliphatic heterocycles. The Hall–Kier alpha value is -4.25. The van der Waals surface area contributed by atoms with Gasteiger partial charge in [0, 0.05) is 61.8 Å². The molecule has 0 aliphatic carbocycles. The van der Waals surface area contributed by atoms with Gasteiger partial charge in [-0.05, 0) is 118 Å². The van der Waals surface area contributed by atoms with Crippen LogP contribution in [-0.4, -0.2) is 61.3 Å². The smallest absolute Gasteiger partial charge is 0.219 e. The molecule has 2 aromatic heterocycles. The minimum absolute atomic E-state index is 0.130. The number of nitrogens with one attached hydrogen (secondary N) is 1. The molecule has 9 nitrogen and oxygen atoms in total. The Bertz CT molecular complexity index is 1870. The Morgan fingerprint density at radius 1 is 0.922 bits per heavy atom. The van der Waals surface area contributed by atoms with Crippen molar-refractivity contribution in [3.05, 3.63) is 102 Å². The molecule has 10 heteroatoms. The monoisotopic (exact) mass is 707 g/mol. The molecule has 0 bridgehead atoms. The number of piperidine rings is 1. The molecular formula is C41H53N7O2S. The summed E-state index contributed by atoms with van der Waals surface area (Å²) in [5.74, 6) is 0.575. The zero-order valence-electron chi connectivity index (χ0n) is 30.2. The van der Waals surface area contributed by atoms with Crippen LogP contribution in [0.5, 0.6) is 0 Å². The first kappa shape index (κ1) is 36.5. The van der Waals surface area contributed by atoms with E-state index in [2.05, 4.69) is 76.0 Å². The van der Waals surface area contributed by atoms with E-state index in [9.17, 15) is 9.00 Å². The van der Waals surface area contributed by atoms with E-state index in [0.717, 1.165) is 84.0 Å². The van der Waals surface area contributed by atoms with Gasteiger partial charge in [-0.3, -0.25) is 8.77 Å². The molecule has 0 spiro atoms. The number of benzene rings is 3. The maximum absolute atomic E-state index is 13.4. The highest BCUT2D eigenvalue weighted by Gasteiger charge is 2.20. The average molecular weight is 708 g/mol. The van der Waals surface area contributed by atoms with E-state index in [1.54, 1.807) is 3.97 Å². The number of carbonyl (C=O) groups is 1. The molecule has 5 aromatic rings. The first-order valence-electron chi connectivity index (χ1n) is 18.7. The first-order valence-corrected chi connectivity index (χ1v) is 19.8. The largest absolute Gasteiger partial charge is 0.372 e. The summed E-state index contributed by atoms with van der Waals surface area (Å²) in [6, 6.07) is 28.1. The second-order valence-corrected chi connectivity index (χ2v) is 15.0. The van der Waals surface area contributed by atoms with Crippen molar-refractivity contribution in [1.82, 2.24) is 23.7 Å². The van der Waals surface area contributed by atoms with E-state index in [4.69, 9.17) is 10.7 Å². The standard InChI is InChI=1S/C41H53N7O2S/c1-3-22-46(23-4-2)34-19-16-32(17-20-34)41-44-38-29-33(18-21-39(38)47(41)27-12-26-45-24-9-6-10-25-45)37(30-40(42)49)43-31-35-13-11-28-48(35)51(50)36-14-7-5-8-15-36/h5,7-8,11,13-21,28-29,37,43H,3-4,6,9-10,12,22-27,30-31H2,1-2H3,(H2,42,49). The number of amides is 1. The Morgan fingerprint density at radius 3 is 2.37 bits per heavy atom. The summed E-state index contributed by atoms with van der Waals surface area (Å²) in [5, 5.41) is 3.54. The van der Waals surface area contributed by atoms with Crippen LogP contribution in [0.15, 0.2) is 96.0 Å². The predicted molar refractivity (Wildman–Crippen MR) is 209 cm³/mol. The number of imidazole rings is 1. The van der Waals surface area contributed by atoms with Crippen LogP contribution in [0.3, 0.4) is 0 Å². The van der Waals surface area contributed by atoms with Gasteiger partial charge in [0.2, 0.25) is 5.91 Å². The lowest BCUT2D eigenvalue weighted by atomic mass is 10.0. The highest BCUT2D eigenvalue weighted by atomic mass is 32.2. The van der Waals surface area contributed by atoms with E-state index in [1.807, 2.05) is 48.7 Å². The summed E-state index contributed by atoms with van der Waals surface area (Å²) in [5.41, 5.74) is 11.9. The van der Waals surface area contributed by atoms with Crippen LogP contribution in [0.25, 0.3) is 22.4 Å². The SMILES string of the molecule is CCCN(CCC)c1ccc(-c2nc3cc(C(CC(N)=O)NCc4cccn4S(=O)c4ccccc4)ccc3n2CCCN2CCCCC2)cc1. The Balaban J connectivity index is 1.28. The normalized spacial score (nSPS) is 14.9. The van der Waals surface area contributed by atoms with Crippen LogP contribution in [0.4, 0.5) is 5.69 Å². The lowest BCUT2D eigenvalue weighted by Crippen LogP contribution is -2.31. The van der Waals surface area contributed by atoms with E-state index in [1.165, 1.54) is 38.0 Å². The van der Waals surface area contributed by atoms with Crippen molar-refractivity contribution in [1.29, 1.82) is 0 Å². The van der Waals surface area contributed by atoms with Crippen molar-refractivity contribution in [2.75, 3.05) is 37.6 Å². The number of likely N-dealkylation sites (tertiary alicyclic amines) is 1. The quantitative estimate of drug-likeness (QED) is 0.0993. The predicted octanol–water partition coefficient (Wildman–Crippen LogP) is 7.28. The third-order valence-electron chi connectivity index (χ3n) is 9.81. The maximum atomic E-state index is 13.4. The lowest BCUT2D eigenvalue weighted by molar-refractivity contribution is -0.118. The van der Waals surface area contributed by atoms with E-state index >= 15 is 0 Å². The number of aryl methyl sites for hydroxylation is 1. The molecule has 3 heterocycles. The summed E-state index contributed by atoms with van der Waals surface area (Å²) in [6.07, 6.45) is 9.15. The molecule has 6 rings (SSSR count). The minimum Gasteiger partial charge on any atom is -0.372 e. The van der Waals surface area contributed by atoms with Crippen LogP contribution in [0.1, 0.15) is 76.1 Å². The molecule has 1 fully saturated rings. The molecule has 3 aromatic carbocycles. The van der Waals surface area contributed by atoms with Crippen molar-refractivity contribution < 1.29 is 9.00 Å². The number of aromatic nitrogens is 3. The third-order valence-corrected chi connectivity index (χ3v) is 11.2. The maximum Gasteiger partial charge on any atom is 0.219 e. The van der Waals surface area contributed by atoms with Gasteiger partial charge in [-0.25, -0.2) is 9.19 Å². The Kier molecular flexibility index (Phi) is 12.7. The molecular weight excluding hydrogens is 655 g/mol. The molecule has 1 amide bonds. The number of nitrogens with zero attached hydrogens (tertiary/aromatic N) is 5. The summed E-state index contributed by atoms with van der Waals surface area (Å²) >= 11 is 0. The molecule has 0 saturated carbocycles. The fourth-order valence-electron chi connectivity index (χ4n) is 7.26. The zero-order valence-corrected chi connectivity index (χ0v) is 31.0. The molecule has 270 valence electrons. The van der Waals surface area contributed by atoms with Gasteiger partial charge in [-0.1, -0.05) is 44.5 Å². The van der Waals surface area contributed by atoms with Crippen molar-refractivity contribution >= 4 is 33.6 Å². The van der Waals surface area contributed by atoms with Gasteiger partial charge in [-0.2, -0.15) is 0 Å². The van der Waals surface area contributed by atoms with E-state index in [-0.39, 0.29) is 18.4 Å².